The molecule has 0 spiro atoms. The lowest BCUT2D eigenvalue weighted by molar-refractivity contribution is -0.384. The molecule has 34 heavy (non-hydrogen) atoms. The van der Waals surface area contributed by atoms with Crippen molar-refractivity contribution in [3.8, 4) is 6.07 Å². The van der Waals surface area contributed by atoms with E-state index >= 15 is 0 Å². The van der Waals surface area contributed by atoms with Gasteiger partial charge in [0.25, 0.3) is 5.69 Å². The van der Waals surface area contributed by atoms with Gasteiger partial charge in [0.05, 0.1) is 40.1 Å². The van der Waals surface area contributed by atoms with Gasteiger partial charge in [-0.15, -0.1) is 0 Å². The molecule has 2 aromatic carbocycles. The molecular formula is C25H18N4O5. The number of nitriles is 1. The van der Waals surface area contributed by atoms with E-state index in [4.69, 9.17) is 0 Å². The maximum Gasteiger partial charge on any atom is 0.270 e. The number of carbonyl (C=O) groups excluding carboxylic acids is 3. The van der Waals surface area contributed by atoms with E-state index in [2.05, 4.69) is 0 Å². The summed E-state index contributed by atoms with van der Waals surface area (Å²) >= 11 is 0. The van der Waals surface area contributed by atoms with Gasteiger partial charge in [0.15, 0.2) is 5.78 Å². The third kappa shape index (κ3) is 3.11. The summed E-state index contributed by atoms with van der Waals surface area (Å²) in [6.07, 6.45) is 4.68. The number of nitrogens with zero attached hydrogens (tertiary/aromatic N) is 4. The second kappa shape index (κ2) is 7.78. The molecule has 0 N–H and O–H groups in total. The summed E-state index contributed by atoms with van der Waals surface area (Å²) in [6.45, 7) is 1.89. The third-order valence-electron chi connectivity index (χ3n) is 6.58. The predicted octanol–water partition coefficient (Wildman–Crippen LogP) is 2.92. The van der Waals surface area contributed by atoms with E-state index in [0.717, 1.165) is 10.5 Å². The van der Waals surface area contributed by atoms with Crippen LogP contribution in [0.2, 0.25) is 0 Å². The van der Waals surface area contributed by atoms with Crippen molar-refractivity contribution in [3.05, 3.63) is 93.7 Å². The molecule has 3 aliphatic heterocycles. The van der Waals surface area contributed by atoms with Gasteiger partial charge in [-0.25, -0.2) is 4.90 Å². The Morgan fingerprint density at radius 1 is 1.09 bits per heavy atom. The normalized spacial score (nSPS) is 25.0. The van der Waals surface area contributed by atoms with Crippen LogP contribution in [0, 0.1) is 40.2 Å². The molecule has 0 bridgehead atoms. The summed E-state index contributed by atoms with van der Waals surface area (Å²) in [7, 11) is 0. The molecule has 9 nitrogen and oxygen atoms in total. The molecule has 5 rings (SSSR count). The highest BCUT2D eigenvalue weighted by Gasteiger charge is 2.63. The van der Waals surface area contributed by atoms with Gasteiger partial charge in [-0.3, -0.25) is 24.5 Å². The monoisotopic (exact) mass is 454 g/mol. The van der Waals surface area contributed by atoms with Crippen LogP contribution in [0.25, 0.3) is 0 Å². The van der Waals surface area contributed by atoms with Gasteiger partial charge in [-0.2, -0.15) is 5.26 Å². The Labute approximate surface area is 194 Å². The first kappa shape index (κ1) is 21.3. The van der Waals surface area contributed by atoms with Crippen molar-refractivity contribution in [2.75, 3.05) is 4.90 Å². The first-order chi connectivity index (χ1) is 16.3. The van der Waals surface area contributed by atoms with E-state index in [-0.39, 0.29) is 11.3 Å². The Balaban J connectivity index is 1.60. The fraction of sp³-hybridized carbons (Fsp3) is 0.200. The standard InChI is InChI=1S/C25H18N4O5/c1-14-5-7-17(8-6-14)28-24(31)20-19-11-15(13-26)9-10-27(19)22(21(20)25(28)32)23(30)16-3-2-4-18(12-16)29(33)34/h2-12,19-22H,1H3/t19-,20+,21+,22-/m0/s1. The molecule has 2 saturated heterocycles. The summed E-state index contributed by atoms with van der Waals surface area (Å²) in [5.41, 5.74) is 1.55. The molecule has 0 radical (unpaired) electrons. The molecule has 3 heterocycles. The molecule has 0 unspecified atom stereocenters. The van der Waals surface area contributed by atoms with E-state index in [1.54, 1.807) is 41.4 Å². The Hall–Kier alpha value is -4.58. The third-order valence-corrected chi connectivity index (χ3v) is 6.58. The molecule has 168 valence electrons. The summed E-state index contributed by atoms with van der Waals surface area (Å²) in [4.78, 5) is 54.1. The summed E-state index contributed by atoms with van der Waals surface area (Å²) in [5.74, 6) is -3.30. The number of Topliss-reactive ketones (excluding diaryl/α,β-unsaturated/α-hetero) is 1. The Kier molecular flexibility index (Phi) is 4.87. The van der Waals surface area contributed by atoms with E-state index in [1.807, 2.05) is 13.0 Å². The number of benzene rings is 2. The number of allylic oxidation sites excluding steroid dienone is 2. The van der Waals surface area contributed by atoms with Crippen molar-refractivity contribution in [2.24, 2.45) is 11.8 Å². The number of nitro benzene ring substituents is 1. The maximum atomic E-state index is 13.6. The second-order valence-corrected chi connectivity index (χ2v) is 8.50. The highest BCUT2D eigenvalue weighted by atomic mass is 16.6. The minimum atomic E-state index is -1.04. The Morgan fingerprint density at radius 3 is 2.47 bits per heavy atom. The van der Waals surface area contributed by atoms with Crippen molar-refractivity contribution >= 4 is 29.0 Å². The highest BCUT2D eigenvalue weighted by Crippen LogP contribution is 2.47. The van der Waals surface area contributed by atoms with E-state index in [9.17, 15) is 29.8 Å². The van der Waals surface area contributed by atoms with Gasteiger partial charge in [-0.1, -0.05) is 29.8 Å². The summed E-state index contributed by atoms with van der Waals surface area (Å²) in [6, 6.07) is 12.6. The number of nitro groups is 1. The zero-order valence-corrected chi connectivity index (χ0v) is 18.0. The van der Waals surface area contributed by atoms with E-state index < -0.39 is 46.4 Å². The fourth-order valence-corrected chi connectivity index (χ4v) is 5.01. The number of rotatable bonds is 4. The largest absolute Gasteiger partial charge is 0.359 e. The molecule has 0 aromatic heterocycles. The number of ketones is 1. The molecule has 0 aliphatic carbocycles. The van der Waals surface area contributed by atoms with Crippen LogP contribution in [0.1, 0.15) is 15.9 Å². The van der Waals surface area contributed by atoms with Crippen molar-refractivity contribution in [1.29, 1.82) is 5.26 Å². The summed E-state index contributed by atoms with van der Waals surface area (Å²) in [5, 5.41) is 20.6. The number of non-ortho nitro benzene ring substituents is 1. The summed E-state index contributed by atoms with van der Waals surface area (Å²) < 4.78 is 0. The molecule has 2 amide bonds. The van der Waals surface area contributed by atoms with Gasteiger partial charge < -0.3 is 4.90 Å². The first-order valence-electron chi connectivity index (χ1n) is 10.6. The molecule has 9 heteroatoms. The van der Waals surface area contributed by atoms with E-state index in [1.165, 1.54) is 30.3 Å². The van der Waals surface area contributed by atoms with Crippen molar-refractivity contribution in [2.45, 2.75) is 19.0 Å². The number of carbonyl (C=O) groups is 3. The van der Waals surface area contributed by atoms with Gasteiger partial charge >= 0.3 is 0 Å². The van der Waals surface area contributed by atoms with Crippen LogP contribution < -0.4 is 4.90 Å². The smallest absolute Gasteiger partial charge is 0.270 e. The molecular weight excluding hydrogens is 436 g/mol. The number of hydrogen-bond acceptors (Lipinski definition) is 7. The average Bonchev–Trinajstić information content (AvgIpc) is 3.31. The van der Waals surface area contributed by atoms with Crippen LogP contribution in [-0.4, -0.2) is 39.5 Å². The van der Waals surface area contributed by atoms with Gasteiger partial charge in [0.2, 0.25) is 11.8 Å². The SMILES string of the molecule is Cc1ccc(N2C(=O)[C@@H]3[C@H](C2=O)[C@@H]2C=C(C#N)C=CN2[C@@H]3C(=O)c2cccc([N+](=O)[O-])c2)cc1. The topological polar surface area (TPSA) is 125 Å². The zero-order chi connectivity index (χ0) is 24.1. The van der Waals surface area contributed by atoms with Crippen LogP contribution >= 0.6 is 0 Å². The van der Waals surface area contributed by atoms with Gasteiger partial charge in [-0.05, 0) is 31.2 Å². The average molecular weight is 454 g/mol. The lowest BCUT2D eigenvalue weighted by Gasteiger charge is -2.32. The number of hydrogen-bond donors (Lipinski definition) is 0. The molecule has 0 saturated carbocycles. The van der Waals surface area contributed by atoms with Crippen LogP contribution in [-0.2, 0) is 9.59 Å². The second-order valence-electron chi connectivity index (χ2n) is 8.50. The number of amides is 2. The zero-order valence-electron chi connectivity index (χ0n) is 18.0. The van der Waals surface area contributed by atoms with Crippen LogP contribution in [0.4, 0.5) is 11.4 Å². The predicted molar refractivity (Wildman–Crippen MR) is 120 cm³/mol. The van der Waals surface area contributed by atoms with Crippen LogP contribution in [0.5, 0.6) is 0 Å². The molecule has 3 aliphatic rings. The van der Waals surface area contributed by atoms with Crippen molar-refractivity contribution in [1.82, 2.24) is 4.90 Å². The number of fused-ring (bicyclic) bond motifs is 3. The number of imide groups is 1. The van der Waals surface area contributed by atoms with Gasteiger partial charge in [0, 0.05) is 23.9 Å². The molecule has 2 aromatic rings. The minimum absolute atomic E-state index is 0.0797. The van der Waals surface area contributed by atoms with Crippen LogP contribution in [0.3, 0.4) is 0 Å². The molecule has 2 fully saturated rings. The van der Waals surface area contributed by atoms with Gasteiger partial charge in [0.1, 0.15) is 6.04 Å². The number of aryl methyl sites for hydroxylation is 1. The highest BCUT2D eigenvalue weighted by molar-refractivity contribution is 6.24. The first-order valence-corrected chi connectivity index (χ1v) is 10.6. The fourth-order valence-electron chi connectivity index (χ4n) is 5.01. The maximum absolute atomic E-state index is 13.6. The Bertz CT molecular complexity index is 1350. The van der Waals surface area contributed by atoms with E-state index in [0.29, 0.717) is 11.3 Å². The van der Waals surface area contributed by atoms with Crippen molar-refractivity contribution in [3.63, 3.8) is 0 Å². The van der Waals surface area contributed by atoms with Crippen LogP contribution in [0.15, 0.2) is 72.5 Å². The minimum Gasteiger partial charge on any atom is -0.359 e. The quantitative estimate of drug-likeness (QED) is 0.301. The number of anilines is 1. The van der Waals surface area contributed by atoms with Crippen molar-refractivity contribution < 1.29 is 19.3 Å². The molecule has 4 atom stereocenters. The Morgan fingerprint density at radius 2 is 1.79 bits per heavy atom. The lowest BCUT2D eigenvalue weighted by atomic mass is 9.86. The lowest BCUT2D eigenvalue weighted by Crippen LogP contribution is -2.46.